The fourth-order valence-electron chi connectivity index (χ4n) is 2.18. The number of hydrogen-bond donors (Lipinski definition) is 1. The third-order valence-corrected chi connectivity index (χ3v) is 4.16. The highest BCUT2D eigenvalue weighted by Crippen LogP contribution is 2.41. The van der Waals surface area contributed by atoms with Crippen molar-refractivity contribution in [2.75, 3.05) is 0 Å². The number of H-pyrrole nitrogens is 1. The average molecular weight is 319 g/mol. The van der Waals surface area contributed by atoms with Crippen molar-refractivity contribution in [3.8, 4) is 0 Å². The Morgan fingerprint density at radius 1 is 1.21 bits per heavy atom. The summed E-state index contributed by atoms with van der Waals surface area (Å²) in [6, 6.07) is 10.3. The van der Waals surface area contributed by atoms with E-state index in [1.807, 2.05) is 18.2 Å². The molecular formula is C15H15BrN2O. The SMILES string of the molecule is O=c1[nH]c(CCc2ccccc2)nc(C2CC2)c1Br. The van der Waals surface area contributed by atoms with E-state index in [9.17, 15) is 4.79 Å². The summed E-state index contributed by atoms with van der Waals surface area (Å²) in [5.74, 6) is 1.27. The molecule has 4 heteroatoms. The number of hydrogen-bond acceptors (Lipinski definition) is 2. The van der Waals surface area contributed by atoms with E-state index in [1.165, 1.54) is 5.56 Å². The summed E-state index contributed by atoms with van der Waals surface area (Å²) >= 11 is 3.34. The van der Waals surface area contributed by atoms with Crippen LogP contribution in [-0.4, -0.2) is 9.97 Å². The molecule has 3 rings (SSSR count). The lowest BCUT2D eigenvalue weighted by Crippen LogP contribution is -2.15. The molecule has 19 heavy (non-hydrogen) atoms. The Kier molecular flexibility index (Phi) is 3.51. The van der Waals surface area contributed by atoms with Gasteiger partial charge in [-0.05, 0) is 40.8 Å². The van der Waals surface area contributed by atoms with Gasteiger partial charge in [0.1, 0.15) is 10.3 Å². The third kappa shape index (κ3) is 2.95. The second-order valence-corrected chi connectivity index (χ2v) is 5.76. The van der Waals surface area contributed by atoms with Crippen molar-refractivity contribution >= 4 is 15.9 Å². The number of aromatic nitrogens is 2. The van der Waals surface area contributed by atoms with E-state index in [2.05, 4.69) is 38.0 Å². The predicted octanol–water partition coefficient (Wildman–Crippen LogP) is 3.20. The maximum atomic E-state index is 11.9. The minimum absolute atomic E-state index is 0.0556. The molecule has 1 aromatic carbocycles. The Bertz CT molecular complexity index is 632. The van der Waals surface area contributed by atoms with Crippen molar-refractivity contribution < 1.29 is 0 Å². The molecular weight excluding hydrogens is 304 g/mol. The first-order valence-electron chi connectivity index (χ1n) is 6.56. The molecule has 0 atom stereocenters. The maximum absolute atomic E-state index is 11.9. The number of rotatable bonds is 4. The summed E-state index contributed by atoms with van der Waals surface area (Å²) in [5, 5.41) is 0. The molecule has 98 valence electrons. The van der Waals surface area contributed by atoms with Gasteiger partial charge in [0.05, 0.1) is 5.69 Å². The zero-order chi connectivity index (χ0) is 13.2. The quantitative estimate of drug-likeness (QED) is 0.941. The highest BCUT2D eigenvalue weighted by molar-refractivity contribution is 9.10. The summed E-state index contributed by atoms with van der Waals surface area (Å²) in [6.07, 6.45) is 3.96. The van der Waals surface area contributed by atoms with E-state index in [4.69, 9.17) is 0 Å². The smallest absolute Gasteiger partial charge is 0.265 e. The van der Waals surface area contributed by atoms with Gasteiger partial charge in [-0.2, -0.15) is 0 Å². The van der Waals surface area contributed by atoms with Gasteiger partial charge in [-0.3, -0.25) is 4.79 Å². The Balaban J connectivity index is 1.79. The molecule has 3 nitrogen and oxygen atoms in total. The molecule has 0 aliphatic heterocycles. The number of halogens is 1. The van der Waals surface area contributed by atoms with E-state index in [0.29, 0.717) is 10.4 Å². The normalized spacial score (nSPS) is 14.6. The number of aromatic amines is 1. The van der Waals surface area contributed by atoms with Gasteiger partial charge in [-0.15, -0.1) is 0 Å². The molecule has 1 aliphatic rings. The van der Waals surface area contributed by atoms with Crippen LogP contribution in [0.4, 0.5) is 0 Å². The number of nitrogens with zero attached hydrogens (tertiary/aromatic N) is 1. The minimum atomic E-state index is -0.0556. The van der Waals surface area contributed by atoms with Crippen molar-refractivity contribution in [3.05, 3.63) is 62.2 Å². The van der Waals surface area contributed by atoms with Crippen LogP contribution in [0.1, 0.15) is 35.8 Å². The van der Waals surface area contributed by atoms with Crippen molar-refractivity contribution in [2.24, 2.45) is 0 Å². The molecule has 0 unspecified atom stereocenters. The van der Waals surface area contributed by atoms with Gasteiger partial charge in [0.25, 0.3) is 5.56 Å². The van der Waals surface area contributed by atoms with E-state index in [0.717, 1.165) is 37.2 Å². The van der Waals surface area contributed by atoms with Crippen LogP contribution in [0, 0.1) is 0 Å². The van der Waals surface area contributed by atoms with Gasteiger partial charge in [0.2, 0.25) is 0 Å². The van der Waals surface area contributed by atoms with Gasteiger partial charge < -0.3 is 4.98 Å². The Labute approximate surface area is 120 Å². The average Bonchev–Trinajstić information content (AvgIpc) is 3.25. The maximum Gasteiger partial charge on any atom is 0.265 e. The van der Waals surface area contributed by atoms with Crippen LogP contribution in [0.15, 0.2) is 39.6 Å². The molecule has 1 aliphatic carbocycles. The summed E-state index contributed by atoms with van der Waals surface area (Å²) in [5.41, 5.74) is 2.15. The molecule has 0 saturated heterocycles. The molecule has 0 amide bonds. The summed E-state index contributed by atoms with van der Waals surface area (Å²) in [4.78, 5) is 19.3. The largest absolute Gasteiger partial charge is 0.310 e. The minimum Gasteiger partial charge on any atom is -0.310 e. The lowest BCUT2D eigenvalue weighted by atomic mass is 10.1. The van der Waals surface area contributed by atoms with E-state index in [-0.39, 0.29) is 5.56 Å². The number of benzene rings is 1. The Hall–Kier alpha value is -1.42. The molecule has 1 fully saturated rings. The zero-order valence-electron chi connectivity index (χ0n) is 10.5. The van der Waals surface area contributed by atoms with E-state index >= 15 is 0 Å². The van der Waals surface area contributed by atoms with Crippen LogP contribution in [0.5, 0.6) is 0 Å². The molecule has 0 bridgehead atoms. The van der Waals surface area contributed by atoms with E-state index in [1.54, 1.807) is 0 Å². The fraction of sp³-hybridized carbons (Fsp3) is 0.333. The molecule has 2 aromatic rings. The second-order valence-electron chi connectivity index (χ2n) is 4.97. The van der Waals surface area contributed by atoms with Crippen LogP contribution in [0.2, 0.25) is 0 Å². The zero-order valence-corrected chi connectivity index (χ0v) is 12.1. The number of nitrogens with one attached hydrogen (secondary N) is 1. The number of aryl methyl sites for hydroxylation is 2. The fourth-order valence-corrected chi connectivity index (χ4v) is 2.69. The predicted molar refractivity (Wildman–Crippen MR) is 78.4 cm³/mol. The van der Waals surface area contributed by atoms with Crippen LogP contribution < -0.4 is 5.56 Å². The van der Waals surface area contributed by atoms with Crippen molar-refractivity contribution in [2.45, 2.75) is 31.6 Å². The Morgan fingerprint density at radius 2 is 1.95 bits per heavy atom. The highest BCUT2D eigenvalue weighted by atomic mass is 79.9. The standard InChI is InChI=1S/C15H15BrN2O/c16-13-14(11-7-8-11)17-12(18-15(13)19)9-6-10-4-2-1-3-5-10/h1-5,11H,6-9H2,(H,17,18,19). The van der Waals surface area contributed by atoms with Crippen molar-refractivity contribution in [1.82, 2.24) is 9.97 Å². The highest BCUT2D eigenvalue weighted by Gasteiger charge is 2.28. The first-order valence-corrected chi connectivity index (χ1v) is 7.36. The van der Waals surface area contributed by atoms with E-state index < -0.39 is 0 Å². The first-order chi connectivity index (χ1) is 9.24. The van der Waals surface area contributed by atoms with Gasteiger partial charge in [0.15, 0.2) is 0 Å². The molecule has 0 radical (unpaired) electrons. The monoisotopic (exact) mass is 318 g/mol. The first kappa shape index (κ1) is 12.6. The van der Waals surface area contributed by atoms with Crippen molar-refractivity contribution in [3.63, 3.8) is 0 Å². The van der Waals surface area contributed by atoms with Gasteiger partial charge in [-0.25, -0.2) is 4.98 Å². The lowest BCUT2D eigenvalue weighted by molar-refractivity contribution is 0.811. The van der Waals surface area contributed by atoms with Crippen LogP contribution >= 0.6 is 15.9 Å². The summed E-state index contributed by atoms with van der Waals surface area (Å²) in [6.45, 7) is 0. The van der Waals surface area contributed by atoms with Crippen LogP contribution in [-0.2, 0) is 12.8 Å². The molecule has 1 N–H and O–H groups in total. The van der Waals surface area contributed by atoms with Crippen LogP contribution in [0.25, 0.3) is 0 Å². The van der Waals surface area contributed by atoms with Gasteiger partial charge in [0, 0.05) is 12.3 Å². The van der Waals surface area contributed by atoms with Crippen molar-refractivity contribution in [1.29, 1.82) is 0 Å². The second kappa shape index (κ2) is 5.29. The molecule has 1 heterocycles. The lowest BCUT2D eigenvalue weighted by Gasteiger charge is -2.06. The summed E-state index contributed by atoms with van der Waals surface area (Å²) < 4.78 is 0.610. The topological polar surface area (TPSA) is 45.8 Å². The third-order valence-electron chi connectivity index (χ3n) is 3.39. The molecule has 1 saturated carbocycles. The molecule has 0 spiro atoms. The van der Waals surface area contributed by atoms with Gasteiger partial charge >= 0.3 is 0 Å². The van der Waals surface area contributed by atoms with Crippen LogP contribution in [0.3, 0.4) is 0 Å². The van der Waals surface area contributed by atoms with Gasteiger partial charge in [-0.1, -0.05) is 30.3 Å². The molecule has 1 aromatic heterocycles. The summed E-state index contributed by atoms with van der Waals surface area (Å²) in [7, 11) is 0. The Morgan fingerprint density at radius 3 is 2.63 bits per heavy atom.